The number of nitrogens with two attached hydrogens (primary N) is 1. The van der Waals surface area contributed by atoms with E-state index in [4.69, 9.17) is 5.73 Å². The molecule has 2 aromatic rings. The fourth-order valence-corrected chi connectivity index (χ4v) is 2.21. The van der Waals surface area contributed by atoms with Crippen LogP contribution in [0.25, 0.3) is 0 Å². The first-order valence-electron chi connectivity index (χ1n) is 7.13. The highest BCUT2D eigenvalue weighted by molar-refractivity contribution is 5.95. The maximum Gasteiger partial charge on any atom is 0.250 e. The van der Waals surface area contributed by atoms with Gasteiger partial charge in [0.25, 0.3) is 5.56 Å². The van der Waals surface area contributed by atoms with E-state index in [2.05, 4.69) is 5.32 Å². The van der Waals surface area contributed by atoms with Gasteiger partial charge in [0.05, 0.1) is 5.41 Å². The Hall–Kier alpha value is -2.56. The van der Waals surface area contributed by atoms with Crippen LogP contribution in [-0.2, 0) is 11.3 Å². The Morgan fingerprint density at radius 1 is 1.23 bits per heavy atom. The molecule has 0 atom stereocenters. The highest BCUT2D eigenvalue weighted by Crippen LogP contribution is 2.22. The summed E-state index contributed by atoms with van der Waals surface area (Å²) in [4.78, 5) is 24.5. The third-order valence-corrected chi connectivity index (χ3v) is 3.58. The number of aromatic nitrogens is 1. The highest BCUT2D eigenvalue weighted by atomic mass is 16.2. The van der Waals surface area contributed by atoms with E-state index in [1.807, 2.05) is 26.8 Å². The van der Waals surface area contributed by atoms with Crippen LogP contribution in [-0.4, -0.2) is 10.5 Å². The Balaban J connectivity index is 2.19. The molecule has 0 spiro atoms. The monoisotopic (exact) mass is 299 g/mol. The number of carbonyl (C=O) groups excluding carboxylic acids is 1. The summed E-state index contributed by atoms with van der Waals surface area (Å²) in [6, 6.07) is 12.1. The molecule has 0 saturated heterocycles. The van der Waals surface area contributed by atoms with Crippen LogP contribution in [0.15, 0.2) is 47.3 Å². The number of pyridine rings is 1. The third-order valence-electron chi connectivity index (χ3n) is 3.58. The lowest BCUT2D eigenvalue weighted by Gasteiger charge is -2.25. The molecule has 3 N–H and O–H groups in total. The van der Waals surface area contributed by atoms with E-state index in [-0.39, 0.29) is 11.5 Å². The van der Waals surface area contributed by atoms with Gasteiger partial charge in [-0.05, 0) is 45.0 Å². The molecular formula is C17H21N3O2. The molecule has 1 aromatic heterocycles. The first-order chi connectivity index (χ1) is 10.3. The molecular weight excluding hydrogens is 278 g/mol. The maximum atomic E-state index is 12.5. The largest absolute Gasteiger partial charge is 0.399 e. The van der Waals surface area contributed by atoms with E-state index >= 15 is 0 Å². The van der Waals surface area contributed by atoms with Crippen LogP contribution in [0.3, 0.4) is 0 Å². The van der Waals surface area contributed by atoms with Crippen molar-refractivity contribution < 1.29 is 4.79 Å². The number of benzene rings is 1. The fourth-order valence-electron chi connectivity index (χ4n) is 2.21. The Morgan fingerprint density at radius 2 is 1.91 bits per heavy atom. The Bertz CT molecular complexity index is 748. The second-order valence-corrected chi connectivity index (χ2v) is 6.06. The molecule has 1 amide bonds. The number of aryl methyl sites for hydroxylation is 1. The molecule has 116 valence electrons. The third kappa shape index (κ3) is 3.55. The van der Waals surface area contributed by atoms with Crippen molar-refractivity contribution in [2.45, 2.75) is 27.3 Å². The summed E-state index contributed by atoms with van der Waals surface area (Å²) in [7, 11) is 0. The molecule has 2 rings (SSSR count). The molecule has 5 nitrogen and oxygen atoms in total. The van der Waals surface area contributed by atoms with Crippen molar-refractivity contribution in [2.75, 3.05) is 11.1 Å². The molecule has 0 unspecified atom stereocenters. The van der Waals surface area contributed by atoms with Gasteiger partial charge in [-0.2, -0.15) is 0 Å². The van der Waals surface area contributed by atoms with Gasteiger partial charge in [0, 0.05) is 29.7 Å². The maximum absolute atomic E-state index is 12.5. The van der Waals surface area contributed by atoms with Crippen LogP contribution in [0.1, 0.15) is 19.5 Å². The van der Waals surface area contributed by atoms with Crippen molar-refractivity contribution >= 4 is 17.3 Å². The smallest absolute Gasteiger partial charge is 0.250 e. The minimum Gasteiger partial charge on any atom is -0.399 e. The van der Waals surface area contributed by atoms with Crippen LogP contribution in [0, 0.1) is 12.3 Å². The molecule has 0 fully saturated rings. The number of nitrogens with zero attached hydrogens (tertiary/aromatic N) is 1. The van der Waals surface area contributed by atoms with Gasteiger partial charge in [0.2, 0.25) is 5.91 Å². The summed E-state index contributed by atoms with van der Waals surface area (Å²) in [6.45, 7) is 5.79. The first-order valence-corrected chi connectivity index (χ1v) is 7.13. The average Bonchev–Trinajstić information content (AvgIpc) is 2.43. The van der Waals surface area contributed by atoms with Crippen LogP contribution >= 0.6 is 0 Å². The predicted molar refractivity (Wildman–Crippen MR) is 88.7 cm³/mol. The van der Waals surface area contributed by atoms with Crippen molar-refractivity contribution in [3.63, 3.8) is 0 Å². The number of carbonyl (C=O) groups is 1. The summed E-state index contributed by atoms with van der Waals surface area (Å²) < 4.78 is 1.61. The molecule has 0 bridgehead atoms. The van der Waals surface area contributed by atoms with Crippen molar-refractivity contribution in [3.05, 3.63) is 58.5 Å². The van der Waals surface area contributed by atoms with Gasteiger partial charge in [-0.3, -0.25) is 9.59 Å². The molecule has 22 heavy (non-hydrogen) atoms. The summed E-state index contributed by atoms with van der Waals surface area (Å²) in [5, 5.41) is 2.85. The number of rotatable bonds is 4. The lowest BCUT2D eigenvalue weighted by molar-refractivity contribution is -0.124. The van der Waals surface area contributed by atoms with E-state index in [9.17, 15) is 9.59 Å². The number of amides is 1. The lowest BCUT2D eigenvalue weighted by Crippen LogP contribution is -2.38. The number of hydrogen-bond donors (Lipinski definition) is 2. The van der Waals surface area contributed by atoms with Gasteiger partial charge >= 0.3 is 0 Å². The Morgan fingerprint density at radius 3 is 2.55 bits per heavy atom. The normalized spacial score (nSPS) is 11.2. The van der Waals surface area contributed by atoms with Gasteiger partial charge < -0.3 is 15.6 Å². The lowest BCUT2D eigenvalue weighted by atomic mass is 9.91. The molecule has 0 radical (unpaired) electrons. The molecule has 0 saturated carbocycles. The molecule has 1 heterocycles. The van der Waals surface area contributed by atoms with Gasteiger partial charge in [-0.1, -0.05) is 12.1 Å². The van der Waals surface area contributed by atoms with Crippen LogP contribution < -0.4 is 16.6 Å². The van der Waals surface area contributed by atoms with Crippen LogP contribution in [0.5, 0.6) is 0 Å². The molecule has 1 aromatic carbocycles. The Kier molecular flexibility index (Phi) is 4.35. The molecule has 0 aliphatic carbocycles. The first kappa shape index (κ1) is 15.8. The van der Waals surface area contributed by atoms with E-state index in [1.165, 1.54) is 6.07 Å². The highest BCUT2D eigenvalue weighted by Gasteiger charge is 2.29. The van der Waals surface area contributed by atoms with Crippen molar-refractivity contribution in [3.8, 4) is 0 Å². The average molecular weight is 299 g/mol. The van der Waals surface area contributed by atoms with Gasteiger partial charge in [-0.15, -0.1) is 0 Å². The molecule has 0 aliphatic rings. The second-order valence-electron chi connectivity index (χ2n) is 6.06. The predicted octanol–water partition coefficient (Wildman–Crippen LogP) is 2.40. The molecule has 5 heteroatoms. The number of hydrogen-bond acceptors (Lipinski definition) is 3. The SMILES string of the molecule is Cc1cccc(=O)n1CC(C)(C)C(=O)Nc1cccc(N)c1. The van der Waals surface area contributed by atoms with Crippen LogP contribution in [0.4, 0.5) is 11.4 Å². The summed E-state index contributed by atoms with van der Waals surface area (Å²) in [6.07, 6.45) is 0. The number of nitrogens with one attached hydrogen (secondary N) is 1. The summed E-state index contributed by atoms with van der Waals surface area (Å²) >= 11 is 0. The van der Waals surface area contributed by atoms with Crippen LogP contribution in [0.2, 0.25) is 0 Å². The summed E-state index contributed by atoms with van der Waals surface area (Å²) in [5.74, 6) is -0.159. The second kappa shape index (κ2) is 6.05. The quantitative estimate of drug-likeness (QED) is 0.851. The summed E-state index contributed by atoms with van der Waals surface area (Å²) in [5.41, 5.74) is 6.94. The van der Waals surface area contributed by atoms with E-state index in [0.717, 1.165) is 5.69 Å². The van der Waals surface area contributed by atoms with Crippen molar-refractivity contribution in [1.29, 1.82) is 0 Å². The van der Waals surface area contributed by atoms with Gasteiger partial charge in [0.1, 0.15) is 0 Å². The zero-order valence-electron chi connectivity index (χ0n) is 13.1. The minimum atomic E-state index is -0.736. The van der Waals surface area contributed by atoms with E-state index < -0.39 is 5.41 Å². The number of nitrogen functional groups attached to an aromatic ring is 1. The minimum absolute atomic E-state index is 0.107. The van der Waals surface area contributed by atoms with Crippen molar-refractivity contribution in [2.24, 2.45) is 5.41 Å². The van der Waals surface area contributed by atoms with Gasteiger partial charge in [-0.25, -0.2) is 0 Å². The topological polar surface area (TPSA) is 77.1 Å². The number of anilines is 2. The zero-order valence-corrected chi connectivity index (χ0v) is 13.1. The van der Waals surface area contributed by atoms with E-state index in [0.29, 0.717) is 17.9 Å². The molecule has 0 aliphatic heterocycles. The van der Waals surface area contributed by atoms with Gasteiger partial charge in [0.15, 0.2) is 0 Å². The van der Waals surface area contributed by atoms with Crippen molar-refractivity contribution in [1.82, 2.24) is 4.57 Å². The van der Waals surface area contributed by atoms with E-state index in [1.54, 1.807) is 34.9 Å². The fraction of sp³-hybridized carbons (Fsp3) is 0.294. The Labute approximate surface area is 129 Å². The standard InChI is InChI=1S/C17H21N3O2/c1-12-6-4-9-15(21)20(12)11-17(2,3)16(22)19-14-8-5-7-13(18)10-14/h4-10H,11,18H2,1-3H3,(H,19,22). The zero-order chi connectivity index (χ0) is 16.3.